The van der Waals surface area contributed by atoms with Gasteiger partial charge >= 0.3 is 0 Å². The standard InChI is InChI=1S/C13H27N3/c1-15(13-5-6-13)12-8-14-7-4-11-16-9-2-3-10-16/h13-14H,2-12H2,1H3. The molecule has 1 aliphatic carbocycles. The van der Waals surface area contributed by atoms with Crippen molar-refractivity contribution in [2.45, 2.75) is 38.1 Å². The van der Waals surface area contributed by atoms with Crippen LogP contribution in [0.25, 0.3) is 0 Å². The van der Waals surface area contributed by atoms with Crippen molar-refractivity contribution in [3.05, 3.63) is 0 Å². The fourth-order valence-electron chi connectivity index (χ4n) is 2.51. The Morgan fingerprint density at radius 2 is 1.94 bits per heavy atom. The van der Waals surface area contributed by atoms with Gasteiger partial charge in [-0.1, -0.05) is 0 Å². The second kappa shape index (κ2) is 6.58. The number of likely N-dealkylation sites (tertiary alicyclic amines) is 1. The molecule has 1 saturated heterocycles. The predicted molar refractivity (Wildman–Crippen MR) is 68.8 cm³/mol. The topological polar surface area (TPSA) is 18.5 Å². The van der Waals surface area contributed by atoms with Gasteiger partial charge in [0.05, 0.1) is 0 Å². The molecule has 0 radical (unpaired) electrons. The first-order valence-corrected chi connectivity index (χ1v) is 6.99. The summed E-state index contributed by atoms with van der Waals surface area (Å²) in [5.41, 5.74) is 0. The highest BCUT2D eigenvalue weighted by Crippen LogP contribution is 2.24. The monoisotopic (exact) mass is 225 g/mol. The van der Waals surface area contributed by atoms with Gasteiger partial charge in [-0.05, 0) is 65.3 Å². The highest BCUT2D eigenvalue weighted by Gasteiger charge is 2.25. The van der Waals surface area contributed by atoms with Gasteiger partial charge in [0.2, 0.25) is 0 Å². The van der Waals surface area contributed by atoms with Crippen LogP contribution >= 0.6 is 0 Å². The molecule has 0 aromatic carbocycles. The third-order valence-corrected chi connectivity index (χ3v) is 3.84. The maximum Gasteiger partial charge on any atom is 0.0107 e. The summed E-state index contributed by atoms with van der Waals surface area (Å²) >= 11 is 0. The quantitative estimate of drug-likeness (QED) is 0.625. The lowest BCUT2D eigenvalue weighted by Gasteiger charge is -2.17. The number of hydrogen-bond donors (Lipinski definition) is 1. The zero-order valence-electron chi connectivity index (χ0n) is 10.7. The molecule has 0 atom stereocenters. The fraction of sp³-hybridized carbons (Fsp3) is 1.00. The summed E-state index contributed by atoms with van der Waals surface area (Å²) in [6, 6.07) is 0.909. The molecule has 1 N–H and O–H groups in total. The third-order valence-electron chi connectivity index (χ3n) is 3.84. The molecule has 0 spiro atoms. The molecular formula is C13H27N3. The van der Waals surface area contributed by atoms with E-state index in [4.69, 9.17) is 0 Å². The van der Waals surface area contributed by atoms with Gasteiger partial charge < -0.3 is 15.1 Å². The summed E-state index contributed by atoms with van der Waals surface area (Å²) in [5.74, 6) is 0. The van der Waals surface area contributed by atoms with Crippen LogP contribution in [0.2, 0.25) is 0 Å². The highest BCUT2D eigenvalue weighted by molar-refractivity contribution is 4.82. The summed E-state index contributed by atoms with van der Waals surface area (Å²) < 4.78 is 0. The molecule has 94 valence electrons. The van der Waals surface area contributed by atoms with E-state index in [0.717, 1.165) is 12.6 Å². The van der Waals surface area contributed by atoms with Crippen LogP contribution < -0.4 is 5.32 Å². The number of likely N-dealkylation sites (N-methyl/N-ethyl adjacent to an activating group) is 1. The molecule has 1 aliphatic heterocycles. The Kier molecular flexibility index (Phi) is 5.07. The molecule has 2 fully saturated rings. The normalized spacial score (nSPS) is 22.1. The van der Waals surface area contributed by atoms with Gasteiger partial charge in [-0.2, -0.15) is 0 Å². The summed E-state index contributed by atoms with van der Waals surface area (Å²) in [6.45, 7) is 7.54. The first-order valence-electron chi connectivity index (χ1n) is 6.99. The van der Waals surface area contributed by atoms with Crippen LogP contribution in [-0.2, 0) is 0 Å². The number of rotatable bonds is 8. The maximum atomic E-state index is 3.55. The molecule has 0 bridgehead atoms. The predicted octanol–water partition coefficient (Wildman–Crippen LogP) is 1.16. The Balaban J connectivity index is 1.37. The number of hydrogen-bond acceptors (Lipinski definition) is 3. The largest absolute Gasteiger partial charge is 0.315 e. The van der Waals surface area contributed by atoms with Crippen molar-refractivity contribution in [2.24, 2.45) is 0 Å². The van der Waals surface area contributed by atoms with Crippen LogP contribution in [-0.4, -0.2) is 62.2 Å². The van der Waals surface area contributed by atoms with E-state index in [1.54, 1.807) is 0 Å². The van der Waals surface area contributed by atoms with Crippen molar-refractivity contribution < 1.29 is 0 Å². The average Bonchev–Trinajstić information content (AvgIpc) is 3.02. The Morgan fingerprint density at radius 1 is 1.19 bits per heavy atom. The SMILES string of the molecule is CN(CCNCCCN1CCCC1)C1CC1. The Morgan fingerprint density at radius 3 is 2.62 bits per heavy atom. The van der Waals surface area contributed by atoms with Gasteiger partial charge in [0.15, 0.2) is 0 Å². The van der Waals surface area contributed by atoms with Gasteiger partial charge in [0.25, 0.3) is 0 Å². The Bertz CT molecular complexity index is 180. The maximum absolute atomic E-state index is 3.55. The van der Waals surface area contributed by atoms with Crippen LogP contribution in [0.3, 0.4) is 0 Å². The first kappa shape index (κ1) is 12.3. The molecule has 16 heavy (non-hydrogen) atoms. The van der Waals surface area contributed by atoms with E-state index in [0.29, 0.717) is 0 Å². The van der Waals surface area contributed by atoms with Crippen molar-refractivity contribution in [1.29, 1.82) is 0 Å². The molecule has 0 aromatic heterocycles. The molecule has 3 nitrogen and oxygen atoms in total. The Labute approximate surface area is 100 Å². The molecule has 0 aromatic rings. The van der Waals surface area contributed by atoms with Crippen LogP contribution in [0.15, 0.2) is 0 Å². The van der Waals surface area contributed by atoms with E-state index in [-0.39, 0.29) is 0 Å². The van der Waals surface area contributed by atoms with E-state index in [2.05, 4.69) is 22.2 Å². The van der Waals surface area contributed by atoms with Crippen LogP contribution in [0.5, 0.6) is 0 Å². The number of nitrogens with one attached hydrogen (secondary N) is 1. The van der Waals surface area contributed by atoms with Gasteiger partial charge in [-0.15, -0.1) is 0 Å². The van der Waals surface area contributed by atoms with Crippen LogP contribution in [0.1, 0.15) is 32.1 Å². The van der Waals surface area contributed by atoms with Gasteiger partial charge in [-0.3, -0.25) is 0 Å². The minimum absolute atomic E-state index is 0.909. The van der Waals surface area contributed by atoms with E-state index in [9.17, 15) is 0 Å². The van der Waals surface area contributed by atoms with Crippen molar-refractivity contribution in [3.8, 4) is 0 Å². The molecular weight excluding hydrogens is 198 g/mol. The molecule has 0 unspecified atom stereocenters. The molecule has 2 rings (SSSR count). The van der Waals surface area contributed by atoms with E-state index >= 15 is 0 Å². The molecule has 3 heteroatoms. The molecule has 1 heterocycles. The lowest BCUT2D eigenvalue weighted by atomic mass is 10.4. The summed E-state index contributed by atoms with van der Waals surface area (Å²) in [5, 5.41) is 3.55. The second-order valence-corrected chi connectivity index (χ2v) is 5.36. The lowest BCUT2D eigenvalue weighted by molar-refractivity contribution is 0.311. The van der Waals surface area contributed by atoms with Gasteiger partial charge in [0, 0.05) is 19.1 Å². The zero-order chi connectivity index (χ0) is 11.2. The highest BCUT2D eigenvalue weighted by atomic mass is 15.2. The van der Waals surface area contributed by atoms with Gasteiger partial charge in [-0.25, -0.2) is 0 Å². The van der Waals surface area contributed by atoms with E-state index in [1.165, 1.54) is 64.8 Å². The van der Waals surface area contributed by atoms with Crippen LogP contribution in [0, 0.1) is 0 Å². The first-order chi connectivity index (χ1) is 7.86. The zero-order valence-corrected chi connectivity index (χ0v) is 10.7. The van der Waals surface area contributed by atoms with Crippen molar-refractivity contribution >= 4 is 0 Å². The van der Waals surface area contributed by atoms with Crippen molar-refractivity contribution in [2.75, 3.05) is 46.3 Å². The second-order valence-electron chi connectivity index (χ2n) is 5.36. The van der Waals surface area contributed by atoms with Crippen LogP contribution in [0.4, 0.5) is 0 Å². The summed E-state index contributed by atoms with van der Waals surface area (Å²) in [7, 11) is 2.25. The molecule has 0 amide bonds. The van der Waals surface area contributed by atoms with Crippen molar-refractivity contribution in [3.63, 3.8) is 0 Å². The average molecular weight is 225 g/mol. The van der Waals surface area contributed by atoms with Gasteiger partial charge in [0.1, 0.15) is 0 Å². The number of nitrogens with zero attached hydrogens (tertiary/aromatic N) is 2. The smallest absolute Gasteiger partial charge is 0.0107 e. The van der Waals surface area contributed by atoms with E-state index < -0.39 is 0 Å². The minimum atomic E-state index is 0.909. The van der Waals surface area contributed by atoms with E-state index in [1.807, 2.05) is 0 Å². The fourth-order valence-corrected chi connectivity index (χ4v) is 2.51. The minimum Gasteiger partial charge on any atom is -0.315 e. The lowest BCUT2D eigenvalue weighted by Crippen LogP contribution is -2.32. The molecule has 2 aliphatic rings. The summed E-state index contributed by atoms with van der Waals surface area (Å²) in [6.07, 6.45) is 6.99. The summed E-state index contributed by atoms with van der Waals surface area (Å²) in [4.78, 5) is 5.09. The third kappa shape index (κ3) is 4.40. The molecule has 1 saturated carbocycles. The van der Waals surface area contributed by atoms with Crippen molar-refractivity contribution in [1.82, 2.24) is 15.1 Å². The Hall–Kier alpha value is -0.120.